The van der Waals surface area contributed by atoms with Crippen LogP contribution in [0.4, 0.5) is 0 Å². The lowest BCUT2D eigenvalue weighted by Gasteiger charge is -2.27. The summed E-state index contributed by atoms with van der Waals surface area (Å²) in [7, 11) is 1.66. The summed E-state index contributed by atoms with van der Waals surface area (Å²) in [4.78, 5) is 14.6. The van der Waals surface area contributed by atoms with E-state index in [1.807, 2.05) is 36.1 Å². The molecule has 1 aliphatic rings. The highest BCUT2D eigenvalue weighted by Gasteiger charge is 2.35. The van der Waals surface area contributed by atoms with Gasteiger partial charge in [0.1, 0.15) is 5.75 Å². The number of amides is 1. The summed E-state index contributed by atoms with van der Waals surface area (Å²) >= 11 is 0. The van der Waals surface area contributed by atoms with Crippen LogP contribution >= 0.6 is 0 Å². The first-order valence-corrected chi connectivity index (χ1v) is 7.33. The molecule has 4 nitrogen and oxygen atoms in total. The molecule has 1 unspecified atom stereocenters. The number of hydrogen-bond acceptors (Lipinski definition) is 3. The maximum Gasteiger partial charge on any atom is 0.227 e. The van der Waals surface area contributed by atoms with E-state index in [1.54, 1.807) is 7.11 Å². The second-order valence-corrected chi connectivity index (χ2v) is 5.35. The Balaban J connectivity index is 2.15. The standard InChI is InChI=1S/C16H24N2O2/c1-3-12(10-17)16(19)18(14-8-9-14)11-13-6-4-5-7-15(13)20-2/h4-7,12,14H,3,8-11,17H2,1-2H3. The smallest absolute Gasteiger partial charge is 0.227 e. The molecular formula is C16H24N2O2. The minimum Gasteiger partial charge on any atom is -0.496 e. The van der Waals surface area contributed by atoms with Crippen LogP contribution in [0.1, 0.15) is 31.7 Å². The van der Waals surface area contributed by atoms with E-state index in [-0.39, 0.29) is 11.8 Å². The molecule has 1 atom stereocenters. The van der Waals surface area contributed by atoms with E-state index >= 15 is 0 Å². The van der Waals surface area contributed by atoms with Crippen molar-refractivity contribution in [3.63, 3.8) is 0 Å². The van der Waals surface area contributed by atoms with Gasteiger partial charge in [-0.3, -0.25) is 4.79 Å². The van der Waals surface area contributed by atoms with Gasteiger partial charge >= 0.3 is 0 Å². The number of hydrogen-bond donors (Lipinski definition) is 1. The van der Waals surface area contributed by atoms with Crippen molar-refractivity contribution >= 4 is 5.91 Å². The molecule has 20 heavy (non-hydrogen) atoms. The Kier molecular flexibility index (Phi) is 5.01. The Bertz CT molecular complexity index is 454. The SMILES string of the molecule is CCC(CN)C(=O)N(Cc1ccccc1OC)C1CC1. The zero-order valence-electron chi connectivity index (χ0n) is 12.3. The van der Waals surface area contributed by atoms with Crippen molar-refractivity contribution in [3.8, 4) is 5.75 Å². The van der Waals surface area contributed by atoms with E-state index in [1.165, 1.54) is 0 Å². The fraction of sp³-hybridized carbons (Fsp3) is 0.562. The average molecular weight is 276 g/mol. The van der Waals surface area contributed by atoms with Gasteiger partial charge in [0.2, 0.25) is 5.91 Å². The summed E-state index contributed by atoms with van der Waals surface area (Å²) in [6.07, 6.45) is 2.99. The Morgan fingerprint density at radius 1 is 1.45 bits per heavy atom. The number of rotatable bonds is 7. The van der Waals surface area contributed by atoms with Gasteiger partial charge in [-0.05, 0) is 25.3 Å². The highest BCUT2D eigenvalue weighted by molar-refractivity contribution is 5.79. The van der Waals surface area contributed by atoms with Gasteiger partial charge in [0.25, 0.3) is 0 Å². The molecule has 0 aromatic heterocycles. The van der Waals surface area contributed by atoms with Crippen LogP contribution < -0.4 is 10.5 Å². The van der Waals surface area contributed by atoms with Crippen molar-refractivity contribution in [1.29, 1.82) is 0 Å². The van der Waals surface area contributed by atoms with Crippen LogP contribution in [-0.2, 0) is 11.3 Å². The molecule has 4 heteroatoms. The Morgan fingerprint density at radius 3 is 2.70 bits per heavy atom. The molecule has 1 amide bonds. The molecule has 0 aliphatic heterocycles. The third kappa shape index (κ3) is 3.31. The van der Waals surface area contributed by atoms with Gasteiger partial charge < -0.3 is 15.4 Å². The summed E-state index contributed by atoms with van der Waals surface area (Å²) in [5.41, 5.74) is 6.78. The fourth-order valence-corrected chi connectivity index (χ4v) is 2.47. The fourth-order valence-electron chi connectivity index (χ4n) is 2.47. The van der Waals surface area contributed by atoms with Crippen LogP contribution in [0.15, 0.2) is 24.3 Å². The highest BCUT2D eigenvalue weighted by atomic mass is 16.5. The molecule has 2 N–H and O–H groups in total. The van der Waals surface area contributed by atoms with Crippen molar-refractivity contribution in [3.05, 3.63) is 29.8 Å². The lowest BCUT2D eigenvalue weighted by atomic mass is 10.0. The van der Waals surface area contributed by atoms with Gasteiger partial charge in [0.05, 0.1) is 13.0 Å². The van der Waals surface area contributed by atoms with Gasteiger partial charge in [-0.2, -0.15) is 0 Å². The molecule has 1 aliphatic carbocycles. The first-order chi connectivity index (χ1) is 9.71. The predicted octanol–water partition coefficient (Wildman–Crippen LogP) is 2.17. The largest absolute Gasteiger partial charge is 0.496 e. The molecule has 2 rings (SSSR count). The highest BCUT2D eigenvalue weighted by Crippen LogP contribution is 2.31. The number of methoxy groups -OCH3 is 1. The third-order valence-corrected chi connectivity index (χ3v) is 3.93. The van der Waals surface area contributed by atoms with E-state index in [4.69, 9.17) is 10.5 Å². The minimum absolute atomic E-state index is 0.0645. The maximum absolute atomic E-state index is 12.6. The average Bonchev–Trinajstić information content (AvgIpc) is 3.30. The van der Waals surface area contributed by atoms with Crippen molar-refractivity contribution in [2.45, 2.75) is 38.8 Å². The Hall–Kier alpha value is -1.55. The molecule has 0 bridgehead atoms. The number of nitrogens with two attached hydrogens (primary N) is 1. The summed E-state index contributed by atoms with van der Waals surface area (Å²) in [5, 5.41) is 0. The summed E-state index contributed by atoms with van der Waals surface area (Å²) in [5.74, 6) is 0.959. The molecule has 1 fully saturated rings. The van der Waals surface area contributed by atoms with E-state index in [0.717, 1.165) is 30.6 Å². The Labute approximate surface area is 120 Å². The zero-order chi connectivity index (χ0) is 14.5. The number of para-hydroxylation sites is 1. The Morgan fingerprint density at radius 2 is 2.15 bits per heavy atom. The van der Waals surface area contributed by atoms with Crippen LogP contribution in [0.2, 0.25) is 0 Å². The van der Waals surface area contributed by atoms with E-state index in [0.29, 0.717) is 19.1 Å². The molecule has 1 aromatic rings. The molecule has 0 spiro atoms. The minimum atomic E-state index is -0.0645. The van der Waals surface area contributed by atoms with Crippen LogP contribution in [0.3, 0.4) is 0 Å². The number of benzene rings is 1. The van der Waals surface area contributed by atoms with Crippen molar-refractivity contribution in [1.82, 2.24) is 4.90 Å². The quantitative estimate of drug-likeness (QED) is 0.830. The molecule has 110 valence electrons. The lowest BCUT2D eigenvalue weighted by molar-refractivity contribution is -0.136. The number of carbonyl (C=O) groups excluding carboxylic acids is 1. The van der Waals surface area contributed by atoms with Gasteiger partial charge in [-0.1, -0.05) is 25.1 Å². The van der Waals surface area contributed by atoms with Gasteiger partial charge in [-0.15, -0.1) is 0 Å². The van der Waals surface area contributed by atoms with Crippen molar-refractivity contribution in [2.24, 2.45) is 11.7 Å². The summed E-state index contributed by atoms with van der Waals surface area (Å²) in [6.45, 7) is 3.05. The maximum atomic E-state index is 12.6. The van der Waals surface area contributed by atoms with Crippen molar-refractivity contribution < 1.29 is 9.53 Å². The topological polar surface area (TPSA) is 55.6 Å². The number of carbonyl (C=O) groups is 1. The molecule has 0 radical (unpaired) electrons. The molecule has 1 aromatic carbocycles. The zero-order valence-corrected chi connectivity index (χ0v) is 12.3. The monoisotopic (exact) mass is 276 g/mol. The van der Waals surface area contributed by atoms with Crippen LogP contribution in [0.25, 0.3) is 0 Å². The van der Waals surface area contributed by atoms with E-state index < -0.39 is 0 Å². The number of ether oxygens (including phenoxy) is 1. The van der Waals surface area contributed by atoms with Crippen LogP contribution in [0, 0.1) is 5.92 Å². The second-order valence-electron chi connectivity index (χ2n) is 5.35. The summed E-state index contributed by atoms with van der Waals surface area (Å²) in [6, 6.07) is 8.26. The first-order valence-electron chi connectivity index (χ1n) is 7.33. The van der Waals surface area contributed by atoms with Gasteiger partial charge in [0, 0.05) is 24.7 Å². The first kappa shape index (κ1) is 14.9. The predicted molar refractivity (Wildman–Crippen MR) is 79.4 cm³/mol. The van der Waals surface area contributed by atoms with Crippen LogP contribution in [0.5, 0.6) is 5.75 Å². The van der Waals surface area contributed by atoms with Crippen LogP contribution in [-0.4, -0.2) is 30.5 Å². The molecule has 1 saturated carbocycles. The third-order valence-electron chi connectivity index (χ3n) is 3.93. The van der Waals surface area contributed by atoms with Gasteiger partial charge in [0.15, 0.2) is 0 Å². The van der Waals surface area contributed by atoms with Crippen molar-refractivity contribution in [2.75, 3.05) is 13.7 Å². The number of nitrogens with zero attached hydrogens (tertiary/aromatic N) is 1. The van der Waals surface area contributed by atoms with E-state index in [2.05, 4.69) is 0 Å². The molecular weight excluding hydrogens is 252 g/mol. The molecule has 0 saturated heterocycles. The van der Waals surface area contributed by atoms with E-state index in [9.17, 15) is 4.79 Å². The molecule has 0 heterocycles. The second kappa shape index (κ2) is 6.75. The normalized spacial score (nSPS) is 15.8. The van der Waals surface area contributed by atoms with Gasteiger partial charge in [-0.25, -0.2) is 0 Å². The lowest BCUT2D eigenvalue weighted by Crippen LogP contribution is -2.40. The summed E-state index contributed by atoms with van der Waals surface area (Å²) < 4.78 is 5.38.